The molecule has 0 radical (unpaired) electrons. The molecular formula is C17H12F2N2O3. The maximum absolute atomic E-state index is 12.6. The van der Waals surface area contributed by atoms with E-state index in [1.807, 2.05) is 12.1 Å². The molecule has 1 aliphatic heterocycles. The first-order chi connectivity index (χ1) is 11.5. The molecular weight excluding hydrogens is 318 g/mol. The van der Waals surface area contributed by atoms with E-state index in [2.05, 4.69) is 10.6 Å². The van der Waals surface area contributed by atoms with Crippen LogP contribution < -0.4 is 15.4 Å². The van der Waals surface area contributed by atoms with E-state index < -0.39 is 30.5 Å². The van der Waals surface area contributed by atoms with Crippen molar-refractivity contribution in [2.45, 2.75) is 12.0 Å². The van der Waals surface area contributed by atoms with E-state index >= 15 is 0 Å². The maximum atomic E-state index is 12.6. The van der Waals surface area contributed by atoms with Crippen molar-refractivity contribution in [1.82, 2.24) is 10.6 Å². The first-order valence-corrected chi connectivity index (χ1v) is 7.31. The molecule has 1 aliphatic carbocycles. The Hall–Kier alpha value is -2.96. The third kappa shape index (κ3) is 1.90. The van der Waals surface area contributed by atoms with Crippen LogP contribution in [0.1, 0.15) is 11.1 Å². The Morgan fingerprint density at radius 3 is 2.50 bits per heavy atom. The molecule has 7 heteroatoms. The van der Waals surface area contributed by atoms with Gasteiger partial charge in [-0.1, -0.05) is 30.3 Å². The number of hydrogen-bond acceptors (Lipinski definition) is 3. The number of hydrogen-bond donors (Lipinski definition) is 2. The zero-order chi connectivity index (χ0) is 16.9. The molecule has 2 aromatic carbocycles. The smallest absolute Gasteiger partial charge is 0.322 e. The summed E-state index contributed by atoms with van der Waals surface area (Å²) in [4.78, 5) is 24.3. The van der Waals surface area contributed by atoms with Gasteiger partial charge in [0, 0.05) is 5.56 Å². The van der Waals surface area contributed by atoms with Gasteiger partial charge in [-0.05, 0) is 28.8 Å². The van der Waals surface area contributed by atoms with Crippen molar-refractivity contribution in [2.75, 3.05) is 6.61 Å². The van der Waals surface area contributed by atoms with Crippen LogP contribution in [0.2, 0.25) is 0 Å². The number of carbonyl (C=O) groups is 2. The summed E-state index contributed by atoms with van der Waals surface area (Å²) >= 11 is 0. The van der Waals surface area contributed by atoms with Gasteiger partial charge in [0.05, 0.1) is 0 Å². The monoisotopic (exact) mass is 330 g/mol. The summed E-state index contributed by atoms with van der Waals surface area (Å²) < 4.78 is 29.8. The van der Waals surface area contributed by atoms with Gasteiger partial charge in [-0.15, -0.1) is 0 Å². The molecule has 0 bridgehead atoms. The van der Waals surface area contributed by atoms with E-state index in [-0.39, 0.29) is 5.75 Å². The average molecular weight is 330 g/mol. The number of fused-ring (bicyclic) bond motifs is 5. The number of amides is 3. The second-order valence-corrected chi connectivity index (χ2v) is 5.61. The van der Waals surface area contributed by atoms with Crippen LogP contribution in [0.5, 0.6) is 5.75 Å². The molecule has 1 heterocycles. The highest BCUT2D eigenvalue weighted by atomic mass is 19.3. The van der Waals surface area contributed by atoms with Gasteiger partial charge >= 0.3 is 6.03 Å². The lowest BCUT2D eigenvalue weighted by Gasteiger charge is -2.23. The van der Waals surface area contributed by atoms with E-state index in [9.17, 15) is 18.4 Å². The minimum Gasteiger partial charge on any atom is -0.488 e. The highest BCUT2D eigenvalue weighted by Gasteiger charge is 2.54. The van der Waals surface area contributed by atoms with Crippen molar-refractivity contribution < 1.29 is 23.1 Å². The van der Waals surface area contributed by atoms with Crippen molar-refractivity contribution in [2.24, 2.45) is 0 Å². The highest BCUT2D eigenvalue weighted by molar-refractivity contribution is 6.13. The first kappa shape index (κ1) is 14.6. The normalized spacial score (nSPS) is 20.8. The second kappa shape index (κ2) is 5.02. The highest BCUT2D eigenvalue weighted by Crippen LogP contribution is 2.49. The van der Waals surface area contributed by atoms with E-state index in [1.54, 1.807) is 24.3 Å². The summed E-state index contributed by atoms with van der Waals surface area (Å²) in [6, 6.07) is 11.4. The summed E-state index contributed by atoms with van der Waals surface area (Å²) in [7, 11) is 0. The third-order valence-electron chi connectivity index (χ3n) is 4.26. The summed E-state index contributed by atoms with van der Waals surface area (Å²) in [5, 5.41) is 4.93. The quantitative estimate of drug-likeness (QED) is 0.849. The van der Waals surface area contributed by atoms with Gasteiger partial charge in [-0.25, -0.2) is 13.6 Å². The molecule has 2 N–H and O–H groups in total. The largest absolute Gasteiger partial charge is 0.488 e. The van der Waals surface area contributed by atoms with Crippen LogP contribution in [0.4, 0.5) is 13.6 Å². The van der Waals surface area contributed by atoms with E-state index in [1.165, 1.54) is 6.07 Å². The van der Waals surface area contributed by atoms with Crippen LogP contribution in [0.25, 0.3) is 11.1 Å². The Labute approximate surface area is 135 Å². The Balaban J connectivity index is 1.89. The third-order valence-corrected chi connectivity index (χ3v) is 4.26. The number of ether oxygens (including phenoxy) is 1. The molecule has 1 fully saturated rings. The standard InChI is InChI=1S/C17H12F2N2O3/c18-14(19)8-24-9-5-6-11-10-3-1-2-4-12(10)17(13(11)7-9)15(22)20-16(23)21-17/h1-7,14H,8H2,(H2,20,21,22,23). The fourth-order valence-electron chi connectivity index (χ4n) is 3.34. The van der Waals surface area contributed by atoms with Gasteiger partial charge in [0.25, 0.3) is 12.3 Å². The van der Waals surface area contributed by atoms with Crippen LogP contribution in [-0.2, 0) is 10.3 Å². The lowest BCUT2D eigenvalue weighted by molar-refractivity contribution is -0.122. The molecule has 122 valence electrons. The van der Waals surface area contributed by atoms with Gasteiger partial charge in [0.15, 0.2) is 5.54 Å². The number of benzene rings is 2. The minimum absolute atomic E-state index is 0.218. The van der Waals surface area contributed by atoms with Crippen molar-refractivity contribution in [3.05, 3.63) is 53.6 Å². The SMILES string of the molecule is O=C1NC(=O)C2(N1)c1ccccc1-c1ccc(OCC(F)F)cc12. The summed E-state index contributed by atoms with van der Waals surface area (Å²) in [6.45, 7) is -0.739. The minimum atomic E-state index is -2.60. The first-order valence-electron chi connectivity index (χ1n) is 7.31. The van der Waals surface area contributed by atoms with Gasteiger partial charge < -0.3 is 10.1 Å². The molecule has 0 saturated carbocycles. The topological polar surface area (TPSA) is 67.4 Å². The Kier molecular flexibility index (Phi) is 3.06. The van der Waals surface area contributed by atoms with Crippen LogP contribution >= 0.6 is 0 Å². The van der Waals surface area contributed by atoms with Crippen LogP contribution in [0, 0.1) is 0 Å². The van der Waals surface area contributed by atoms with Gasteiger partial charge in [0.2, 0.25) is 0 Å². The summed E-state index contributed by atoms with van der Waals surface area (Å²) in [5.41, 5.74) is 1.37. The van der Waals surface area contributed by atoms with Crippen molar-refractivity contribution in [1.29, 1.82) is 0 Å². The van der Waals surface area contributed by atoms with Crippen molar-refractivity contribution in [3.8, 4) is 16.9 Å². The number of imide groups is 1. The summed E-state index contributed by atoms with van der Waals surface area (Å²) in [5.74, 6) is -0.278. The Morgan fingerprint density at radius 1 is 1.04 bits per heavy atom. The van der Waals surface area contributed by atoms with Gasteiger partial charge in [-0.3, -0.25) is 10.1 Å². The fourth-order valence-corrected chi connectivity index (χ4v) is 3.34. The zero-order valence-electron chi connectivity index (χ0n) is 12.3. The second-order valence-electron chi connectivity index (χ2n) is 5.61. The molecule has 1 unspecified atom stereocenters. The van der Waals surface area contributed by atoms with Crippen LogP contribution in [0.15, 0.2) is 42.5 Å². The summed E-state index contributed by atoms with van der Waals surface area (Å²) in [6.07, 6.45) is -2.60. The molecule has 4 rings (SSSR count). The van der Waals surface area contributed by atoms with E-state index in [4.69, 9.17) is 4.74 Å². The number of carbonyl (C=O) groups excluding carboxylic acids is 2. The van der Waals surface area contributed by atoms with Crippen LogP contribution in [-0.4, -0.2) is 25.0 Å². The number of urea groups is 1. The Morgan fingerprint density at radius 2 is 1.79 bits per heavy atom. The molecule has 1 saturated heterocycles. The maximum Gasteiger partial charge on any atom is 0.322 e. The van der Waals surface area contributed by atoms with Gasteiger partial charge in [-0.2, -0.15) is 0 Å². The number of rotatable bonds is 3. The van der Waals surface area contributed by atoms with E-state index in [0.29, 0.717) is 11.1 Å². The molecule has 1 atom stereocenters. The molecule has 5 nitrogen and oxygen atoms in total. The molecule has 1 spiro atoms. The van der Waals surface area contributed by atoms with Crippen LogP contribution in [0.3, 0.4) is 0 Å². The number of halogens is 2. The molecule has 2 aromatic rings. The Bertz CT molecular complexity index is 869. The van der Waals surface area contributed by atoms with E-state index in [0.717, 1.165) is 11.1 Å². The van der Waals surface area contributed by atoms with Crippen molar-refractivity contribution in [3.63, 3.8) is 0 Å². The average Bonchev–Trinajstić information content (AvgIpc) is 3.02. The lowest BCUT2D eigenvalue weighted by Crippen LogP contribution is -2.43. The number of alkyl halides is 2. The van der Waals surface area contributed by atoms with Crippen molar-refractivity contribution >= 4 is 11.9 Å². The molecule has 2 aliphatic rings. The number of nitrogens with one attached hydrogen (secondary N) is 2. The predicted octanol–water partition coefficient (Wildman–Crippen LogP) is 2.39. The molecule has 3 amide bonds. The predicted molar refractivity (Wildman–Crippen MR) is 80.8 cm³/mol. The lowest BCUT2D eigenvalue weighted by atomic mass is 9.87. The van der Waals surface area contributed by atoms with Gasteiger partial charge in [0.1, 0.15) is 12.4 Å². The zero-order valence-corrected chi connectivity index (χ0v) is 12.3. The molecule has 24 heavy (non-hydrogen) atoms. The fraction of sp³-hybridized carbons (Fsp3) is 0.176. The molecule has 0 aromatic heterocycles.